The Hall–Kier alpha value is -0.333. The summed E-state index contributed by atoms with van der Waals surface area (Å²) in [6.45, 7) is 0. The molecule has 7 heteroatoms. The zero-order valence-electron chi connectivity index (χ0n) is 5.79. The van der Waals surface area contributed by atoms with E-state index in [1.54, 1.807) is 0 Å². The van der Waals surface area contributed by atoms with Gasteiger partial charge in [-0.05, 0) is 0 Å². The molecule has 40 valence electrons. The zero-order chi connectivity index (χ0) is 6.57. The van der Waals surface area contributed by atoms with Gasteiger partial charge >= 0.3 is 46.9 Å². The first-order valence-electron chi connectivity index (χ1n) is 1.54. The third kappa shape index (κ3) is 4.19. The Kier molecular flexibility index (Phi) is 7.38. The second-order valence-corrected chi connectivity index (χ2v) is 0.811. The molecule has 0 unspecified atom stereocenters. The van der Waals surface area contributed by atoms with Gasteiger partial charge in [0.25, 0.3) is 0 Å². The summed E-state index contributed by atoms with van der Waals surface area (Å²) in [5.74, 6) is -2.65. The van der Waals surface area contributed by atoms with Gasteiger partial charge in [0.05, 0.1) is 0 Å². The quantitative estimate of drug-likeness (QED) is 0.237. The minimum atomic E-state index is -1.33. The monoisotopic (exact) mass is 118 g/mol. The first-order valence-corrected chi connectivity index (χ1v) is 1.54. The van der Waals surface area contributed by atoms with Crippen LogP contribution in [0.5, 0.6) is 0 Å². The number of hydrogen-bond donors (Lipinski definition) is 0. The summed E-state index contributed by atoms with van der Waals surface area (Å²) in [5, 5.41) is 0. The summed E-state index contributed by atoms with van der Waals surface area (Å²) < 4.78 is 6.82. The molecule has 0 aromatic rings. The van der Waals surface area contributed by atoms with E-state index in [9.17, 15) is 9.59 Å². The molecule has 0 saturated carbocycles. The van der Waals surface area contributed by atoms with Crippen molar-refractivity contribution in [3.8, 4) is 0 Å². The Balaban J connectivity index is -0.000000245. The van der Waals surface area contributed by atoms with Crippen molar-refractivity contribution in [3.63, 3.8) is 0 Å². The van der Waals surface area contributed by atoms with E-state index in [0.29, 0.717) is 0 Å². The van der Waals surface area contributed by atoms with Crippen molar-refractivity contribution < 1.29 is 39.2 Å². The summed E-state index contributed by atoms with van der Waals surface area (Å²) in [7, 11) is 8.49. The van der Waals surface area contributed by atoms with Crippen LogP contribution < -0.4 is 18.9 Å². The van der Waals surface area contributed by atoms with Gasteiger partial charge in [-0.1, -0.05) is 0 Å². The third-order valence-electron chi connectivity index (χ3n) is 0.381. The van der Waals surface area contributed by atoms with Crippen LogP contribution in [0.25, 0.3) is 0 Å². The molecule has 0 fully saturated rings. The van der Waals surface area contributed by atoms with Gasteiger partial charge in [0.2, 0.25) is 0 Å². The normalized spacial score (nSPS) is 6.67. The molecule has 0 atom stereocenters. The number of hydrogen-bond acceptors (Lipinski definition) is 4. The fourth-order valence-corrected chi connectivity index (χ4v) is 0.0962. The Morgan fingerprint density at radius 2 is 1.33 bits per heavy atom. The molecule has 0 aromatic carbocycles. The van der Waals surface area contributed by atoms with Crippen LogP contribution in [-0.4, -0.2) is 28.0 Å². The van der Waals surface area contributed by atoms with E-state index in [4.69, 9.17) is 0 Å². The van der Waals surface area contributed by atoms with Gasteiger partial charge in [-0.15, -0.1) is 0 Å². The van der Waals surface area contributed by atoms with Crippen molar-refractivity contribution in [2.24, 2.45) is 0 Å². The van der Waals surface area contributed by atoms with Crippen LogP contribution in [0.2, 0.25) is 0 Å². The minimum absolute atomic E-state index is 0. The van der Waals surface area contributed by atoms with Crippen molar-refractivity contribution >= 4 is 28.0 Å². The molecule has 0 aromatic heterocycles. The second-order valence-electron chi connectivity index (χ2n) is 0.811. The first-order chi connectivity index (χ1) is 3.72. The number of carbonyl (C=O) groups excluding carboxylic acids is 2. The molecule has 4 nitrogen and oxygen atoms in total. The van der Waals surface area contributed by atoms with Crippen molar-refractivity contribution in [2.45, 2.75) is 0 Å². The van der Waals surface area contributed by atoms with Crippen molar-refractivity contribution in [1.29, 1.82) is 0 Å². The van der Waals surface area contributed by atoms with Gasteiger partial charge in [0, 0.05) is 0 Å². The van der Waals surface area contributed by atoms with Gasteiger partial charge < -0.3 is 10.7 Å². The van der Waals surface area contributed by atoms with Gasteiger partial charge in [0.1, 0.15) is 0 Å². The molecule has 0 aliphatic carbocycles. The minimum Gasteiger partial charge on any atom is -1.00 e. The van der Waals surface area contributed by atoms with E-state index in [0.717, 1.165) is 0 Å². The molecule has 4 radical (unpaired) electrons. The fraction of sp³-hybridized carbons (Fsp3) is 0. The van der Waals surface area contributed by atoms with Gasteiger partial charge in [-0.2, -0.15) is 0 Å². The maximum Gasteiger partial charge on any atom is 1.00 e. The third-order valence-corrected chi connectivity index (χ3v) is 0.381. The predicted molar refractivity (Wildman–Crippen MR) is 24.8 cm³/mol. The largest absolute Gasteiger partial charge is 1.00 e. The van der Waals surface area contributed by atoms with E-state index in [1.165, 1.54) is 0 Å². The molecule has 0 N–H and O–H groups in total. The predicted octanol–water partition coefficient (Wildman–Crippen LogP) is -4.64. The Bertz CT molecular complexity index is 106. The summed E-state index contributed by atoms with van der Waals surface area (Å²) in [5.41, 5.74) is 0. The zero-order valence-corrected chi connectivity index (χ0v) is 4.79. The van der Waals surface area contributed by atoms with E-state index < -0.39 is 11.9 Å². The summed E-state index contributed by atoms with van der Waals surface area (Å²) in [4.78, 5) is 19.7. The van der Waals surface area contributed by atoms with Crippen LogP contribution in [0.4, 0.5) is 0 Å². The standard InChI is InChI=1S/C2B2O4.Li.H/c3-7-1(5)2(6)8-4;;/q;+1;-1. The van der Waals surface area contributed by atoms with Crippen molar-refractivity contribution in [2.75, 3.05) is 0 Å². The maximum absolute atomic E-state index is 9.84. The molecule has 0 aliphatic heterocycles. The second kappa shape index (κ2) is 5.80. The van der Waals surface area contributed by atoms with Crippen molar-refractivity contribution in [1.82, 2.24) is 0 Å². The van der Waals surface area contributed by atoms with E-state index >= 15 is 0 Å². The van der Waals surface area contributed by atoms with Crippen LogP contribution in [-0.2, 0) is 18.9 Å². The van der Waals surface area contributed by atoms with Crippen LogP contribution in [0, 0.1) is 0 Å². The average molecular weight is 118 g/mol. The van der Waals surface area contributed by atoms with E-state index in [2.05, 4.69) is 25.4 Å². The molecule has 0 rings (SSSR count). The van der Waals surface area contributed by atoms with Gasteiger partial charge in [-0.25, -0.2) is 9.59 Å². The Morgan fingerprint density at radius 3 is 1.44 bits per heavy atom. The van der Waals surface area contributed by atoms with E-state index in [-0.39, 0.29) is 20.3 Å². The van der Waals surface area contributed by atoms with Gasteiger partial charge in [-0.3, -0.25) is 0 Å². The smallest absolute Gasteiger partial charge is 1.00 e. The maximum atomic E-state index is 9.84. The summed E-state index contributed by atoms with van der Waals surface area (Å²) in [6.07, 6.45) is 0. The Labute approximate surface area is 67.8 Å². The fourth-order valence-electron chi connectivity index (χ4n) is 0.0962. The van der Waals surface area contributed by atoms with E-state index in [1.807, 2.05) is 0 Å². The number of rotatable bonds is 0. The Morgan fingerprint density at radius 1 is 1.11 bits per heavy atom. The molecule has 0 amide bonds. The molecule has 9 heavy (non-hydrogen) atoms. The topological polar surface area (TPSA) is 52.6 Å². The molecule has 0 heterocycles. The molecule has 0 bridgehead atoms. The first kappa shape index (κ1) is 11.5. The number of carbonyl (C=O) groups is 2. The summed E-state index contributed by atoms with van der Waals surface area (Å²) in [6, 6.07) is 0. The van der Waals surface area contributed by atoms with Crippen LogP contribution in [0.15, 0.2) is 0 Å². The molecule has 0 spiro atoms. The van der Waals surface area contributed by atoms with Crippen LogP contribution in [0.3, 0.4) is 0 Å². The van der Waals surface area contributed by atoms with Crippen LogP contribution >= 0.6 is 0 Å². The summed E-state index contributed by atoms with van der Waals surface area (Å²) >= 11 is 0. The van der Waals surface area contributed by atoms with Gasteiger partial charge in [0.15, 0.2) is 0 Å². The average Bonchev–Trinajstić information content (AvgIpc) is 1.84. The molecular formula is C2HB2LiO4. The van der Waals surface area contributed by atoms with Crippen LogP contribution in [0.1, 0.15) is 1.43 Å². The SMILES string of the molecule is [B]OC(=O)C(=O)O[B].[H-].[Li+]. The molecule has 0 saturated heterocycles. The molecular weight excluding hydrogens is 117 g/mol. The van der Waals surface area contributed by atoms with Crippen molar-refractivity contribution in [3.05, 3.63) is 0 Å². The molecule has 0 aliphatic rings.